The zero-order valence-corrected chi connectivity index (χ0v) is 14.3. The van der Waals surface area contributed by atoms with Crippen LogP contribution in [0.3, 0.4) is 0 Å². The minimum Gasteiger partial charge on any atom is -0.322 e. The molecule has 1 aliphatic rings. The van der Waals surface area contributed by atoms with E-state index in [1.807, 2.05) is 32.0 Å². The summed E-state index contributed by atoms with van der Waals surface area (Å²) in [6.45, 7) is 4.22. The lowest BCUT2D eigenvalue weighted by molar-refractivity contribution is -0.139. The normalized spacial score (nSPS) is 14.1. The maximum absolute atomic E-state index is 12.4. The first-order valence-electron chi connectivity index (χ1n) is 8.25. The molecule has 0 saturated carbocycles. The van der Waals surface area contributed by atoms with E-state index < -0.39 is 0 Å². The van der Waals surface area contributed by atoms with E-state index in [1.54, 1.807) is 24.3 Å². The molecule has 1 saturated heterocycles. The molecule has 0 spiro atoms. The van der Waals surface area contributed by atoms with Crippen molar-refractivity contribution in [3.63, 3.8) is 0 Å². The molecule has 1 heterocycles. The Morgan fingerprint density at radius 3 is 2.24 bits per heavy atom. The van der Waals surface area contributed by atoms with Crippen molar-refractivity contribution < 1.29 is 14.4 Å². The number of likely N-dealkylation sites (tertiary alicyclic amines) is 1. The molecule has 1 fully saturated rings. The average molecular weight is 336 g/mol. The number of amides is 3. The number of hydrogen-bond donors (Lipinski definition) is 1. The quantitative estimate of drug-likeness (QED) is 0.872. The second kappa shape index (κ2) is 6.89. The summed E-state index contributed by atoms with van der Waals surface area (Å²) in [5.41, 5.74) is 4.30. The number of aryl methyl sites for hydroxylation is 2. The lowest BCUT2D eigenvalue weighted by Gasteiger charge is -2.14. The Morgan fingerprint density at radius 1 is 1.00 bits per heavy atom. The minimum atomic E-state index is -0.188. The van der Waals surface area contributed by atoms with Gasteiger partial charge in [-0.05, 0) is 43.2 Å². The van der Waals surface area contributed by atoms with Crippen LogP contribution in [0.1, 0.15) is 39.9 Å². The Bertz CT molecular complexity index is 825. The van der Waals surface area contributed by atoms with E-state index in [0.717, 1.165) is 22.4 Å². The average Bonchev–Trinajstić information content (AvgIpc) is 2.90. The molecule has 2 aromatic carbocycles. The zero-order valence-electron chi connectivity index (χ0n) is 14.3. The van der Waals surface area contributed by atoms with Crippen LogP contribution in [0, 0.1) is 13.8 Å². The second-order valence-corrected chi connectivity index (χ2v) is 6.34. The molecular formula is C20H20N2O3. The molecule has 25 heavy (non-hydrogen) atoms. The van der Waals surface area contributed by atoms with Crippen molar-refractivity contribution in [3.05, 3.63) is 64.7 Å². The molecule has 1 aliphatic heterocycles. The molecule has 128 valence electrons. The number of rotatable bonds is 4. The van der Waals surface area contributed by atoms with Crippen molar-refractivity contribution in [1.29, 1.82) is 0 Å². The van der Waals surface area contributed by atoms with Crippen LogP contribution in [0.2, 0.25) is 0 Å². The Morgan fingerprint density at radius 2 is 1.64 bits per heavy atom. The predicted octanol–water partition coefficient (Wildman–Crippen LogP) is 3.20. The topological polar surface area (TPSA) is 66.5 Å². The van der Waals surface area contributed by atoms with Gasteiger partial charge < -0.3 is 5.32 Å². The number of benzene rings is 2. The van der Waals surface area contributed by atoms with Gasteiger partial charge in [0.15, 0.2) is 0 Å². The Hall–Kier alpha value is -2.95. The molecule has 0 radical (unpaired) electrons. The summed E-state index contributed by atoms with van der Waals surface area (Å²) < 4.78 is 0. The second-order valence-electron chi connectivity index (χ2n) is 6.34. The number of carbonyl (C=O) groups is 3. The van der Waals surface area contributed by atoms with Crippen molar-refractivity contribution in [2.75, 3.05) is 5.32 Å². The van der Waals surface area contributed by atoms with Gasteiger partial charge in [0.25, 0.3) is 5.91 Å². The molecule has 1 N–H and O–H groups in total. The molecule has 3 rings (SSSR count). The summed E-state index contributed by atoms with van der Waals surface area (Å²) in [4.78, 5) is 37.0. The van der Waals surface area contributed by atoms with Crippen molar-refractivity contribution in [3.8, 4) is 0 Å². The minimum absolute atomic E-state index is 0.137. The number of nitrogens with one attached hydrogen (secondary N) is 1. The smallest absolute Gasteiger partial charge is 0.255 e. The third kappa shape index (κ3) is 3.76. The zero-order chi connectivity index (χ0) is 18.0. The Labute approximate surface area is 146 Å². The number of carbonyl (C=O) groups excluding carboxylic acids is 3. The van der Waals surface area contributed by atoms with Crippen LogP contribution >= 0.6 is 0 Å². The molecule has 0 bridgehead atoms. The number of imide groups is 1. The third-order valence-corrected chi connectivity index (χ3v) is 4.34. The Kier molecular flexibility index (Phi) is 4.65. The maximum Gasteiger partial charge on any atom is 0.255 e. The molecule has 5 nitrogen and oxygen atoms in total. The molecule has 3 amide bonds. The first-order valence-corrected chi connectivity index (χ1v) is 8.25. The van der Waals surface area contributed by atoms with Gasteiger partial charge in [-0.15, -0.1) is 0 Å². The molecule has 2 aromatic rings. The lowest BCUT2D eigenvalue weighted by atomic mass is 10.1. The van der Waals surface area contributed by atoms with Crippen molar-refractivity contribution >= 4 is 23.4 Å². The van der Waals surface area contributed by atoms with Crippen LogP contribution in [0.15, 0.2) is 42.5 Å². The summed E-state index contributed by atoms with van der Waals surface area (Å²) in [6, 6.07) is 12.8. The van der Waals surface area contributed by atoms with E-state index in [-0.39, 0.29) is 37.1 Å². The highest BCUT2D eigenvalue weighted by atomic mass is 16.2. The van der Waals surface area contributed by atoms with Crippen LogP contribution in [-0.4, -0.2) is 22.6 Å². The fourth-order valence-corrected chi connectivity index (χ4v) is 2.89. The monoisotopic (exact) mass is 336 g/mol. The number of anilines is 1. The fourth-order valence-electron chi connectivity index (χ4n) is 2.89. The van der Waals surface area contributed by atoms with Gasteiger partial charge in [-0.2, -0.15) is 0 Å². The van der Waals surface area contributed by atoms with Crippen molar-refractivity contribution in [2.24, 2.45) is 0 Å². The maximum atomic E-state index is 12.4. The summed E-state index contributed by atoms with van der Waals surface area (Å²) in [7, 11) is 0. The standard InChI is InChI=1S/C20H20N2O3/c1-13-3-8-17(14(2)11-13)21-20(25)16-6-4-15(5-7-16)12-22-18(23)9-10-19(22)24/h3-8,11H,9-10,12H2,1-2H3,(H,21,25). The van der Waals surface area contributed by atoms with E-state index in [1.165, 1.54) is 4.90 Å². The first-order chi connectivity index (χ1) is 11.9. The molecule has 0 atom stereocenters. The van der Waals surface area contributed by atoms with Gasteiger partial charge in [-0.25, -0.2) is 0 Å². The van der Waals surface area contributed by atoms with Crippen LogP contribution in [-0.2, 0) is 16.1 Å². The van der Waals surface area contributed by atoms with Crippen LogP contribution in [0.4, 0.5) is 5.69 Å². The van der Waals surface area contributed by atoms with Crippen LogP contribution < -0.4 is 5.32 Å². The first kappa shape index (κ1) is 16.9. The number of hydrogen-bond acceptors (Lipinski definition) is 3. The third-order valence-electron chi connectivity index (χ3n) is 4.34. The molecule has 0 aliphatic carbocycles. The van der Waals surface area contributed by atoms with E-state index >= 15 is 0 Å². The molecule has 0 unspecified atom stereocenters. The summed E-state index contributed by atoms with van der Waals surface area (Å²) >= 11 is 0. The Balaban J connectivity index is 1.68. The summed E-state index contributed by atoms with van der Waals surface area (Å²) in [5.74, 6) is -0.463. The summed E-state index contributed by atoms with van der Waals surface area (Å²) in [6.07, 6.45) is 0.574. The van der Waals surface area contributed by atoms with Crippen molar-refractivity contribution in [2.45, 2.75) is 33.2 Å². The fraction of sp³-hybridized carbons (Fsp3) is 0.250. The van der Waals surface area contributed by atoms with Gasteiger partial charge in [0.05, 0.1) is 6.54 Å². The highest BCUT2D eigenvalue weighted by Crippen LogP contribution is 2.19. The summed E-state index contributed by atoms with van der Waals surface area (Å²) in [5, 5.41) is 2.90. The van der Waals surface area contributed by atoms with Crippen LogP contribution in [0.5, 0.6) is 0 Å². The van der Waals surface area contributed by atoms with Crippen molar-refractivity contribution in [1.82, 2.24) is 4.90 Å². The van der Waals surface area contributed by atoms with Crippen LogP contribution in [0.25, 0.3) is 0 Å². The van der Waals surface area contributed by atoms with Gasteiger partial charge in [-0.1, -0.05) is 29.8 Å². The molecule has 0 aromatic heterocycles. The van der Waals surface area contributed by atoms with E-state index in [4.69, 9.17) is 0 Å². The predicted molar refractivity (Wildman–Crippen MR) is 95.1 cm³/mol. The van der Waals surface area contributed by atoms with E-state index in [0.29, 0.717) is 5.56 Å². The SMILES string of the molecule is Cc1ccc(NC(=O)c2ccc(CN3C(=O)CCC3=O)cc2)c(C)c1. The largest absolute Gasteiger partial charge is 0.322 e. The lowest BCUT2D eigenvalue weighted by Crippen LogP contribution is -2.28. The van der Waals surface area contributed by atoms with Gasteiger partial charge in [0, 0.05) is 24.1 Å². The molecular weight excluding hydrogens is 316 g/mol. The van der Waals surface area contributed by atoms with Gasteiger partial charge in [-0.3, -0.25) is 19.3 Å². The van der Waals surface area contributed by atoms with Gasteiger partial charge in [0.1, 0.15) is 0 Å². The number of nitrogens with zero attached hydrogens (tertiary/aromatic N) is 1. The van der Waals surface area contributed by atoms with Gasteiger partial charge in [0.2, 0.25) is 11.8 Å². The highest BCUT2D eigenvalue weighted by Gasteiger charge is 2.28. The van der Waals surface area contributed by atoms with E-state index in [2.05, 4.69) is 5.32 Å². The van der Waals surface area contributed by atoms with E-state index in [9.17, 15) is 14.4 Å². The molecule has 5 heteroatoms. The van der Waals surface area contributed by atoms with Gasteiger partial charge >= 0.3 is 0 Å². The highest BCUT2D eigenvalue weighted by molar-refractivity contribution is 6.04.